The van der Waals surface area contributed by atoms with Gasteiger partial charge in [-0.1, -0.05) is 32.6 Å². The molecule has 1 aromatic heterocycles. The summed E-state index contributed by atoms with van der Waals surface area (Å²) in [5.74, 6) is -1.66. The van der Waals surface area contributed by atoms with Gasteiger partial charge in [-0.3, -0.25) is 5.43 Å². The van der Waals surface area contributed by atoms with Gasteiger partial charge < -0.3 is 19.8 Å². The minimum absolute atomic E-state index is 0.0583. The van der Waals surface area contributed by atoms with Crippen molar-refractivity contribution in [2.75, 3.05) is 36.5 Å². The van der Waals surface area contributed by atoms with Crippen LogP contribution < -0.4 is 20.5 Å². The zero-order valence-electron chi connectivity index (χ0n) is 20.8. The standard InChI is InChI=1S/C27H32FN3O4S/c1-4-5-6-7-8-17-34-26(32)24-15-16-25(36-24)27(33)35-21-13-14-23(22(28)18-21)30-29-19-9-11-20(12-10-19)31(2)3/h9-16,18,29-30H,4-8,17H2,1-3H3. The molecule has 3 aromatic rings. The maximum atomic E-state index is 14.5. The maximum Gasteiger partial charge on any atom is 0.353 e. The minimum Gasteiger partial charge on any atom is -0.462 e. The van der Waals surface area contributed by atoms with Gasteiger partial charge in [0.2, 0.25) is 0 Å². The molecule has 192 valence electrons. The Morgan fingerprint density at radius 1 is 0.889 bits per heavy atom. The molecular weight excluding hydrogens is 481 g/mol. The molecule has 0 saturated carbocycles. The van der Waals surface area contributed by atoms with Crippen LogP contribution in [-0.4, -0.2) is 32.6 Å². The van der Waals surface area contributed by atoms with E-state index in [-0.39, 0.29) is 16.3 Å². The predicted octanol–water partition coefficient (Wildman–Crippen LogP) is 6.74. The highest BCUT2D eigenvalue weighted by Gasteiger charge is 2.17. The van der Waals surface area contributed by atoms with Crippen molar-refractivity contribution in [3.05, 3.63) is 70.2 Å². The van der Waals surface area contributed by atoms with Crippen molar-refractivity contribution in [2.45, 2.75) is 39.0 Å². The number of hydrazine groups is 1. The summed E-state index contributed by atoms with van der Waals surface area (Å²) in [6.45, 7) is 2.50. The molecule has 0 unspecified atom stereocenters. The molecule has 0 aliphatic heterocycles. The van der Waals surface area contributed by atoms with Crippen molar-refractivity contribution < 1.29 is 23.5 Å². The number of benzene rings is 2. The van der Waals surface area contributed by atoms with Crippen LogP contribution in [-0.2, 0) is 4.74 Å². The molecule has 0 spiro atoms. The van der Waals surface area contributed by atoms with E-state index in [0.29, 0.717) is 11.5 Å². The number of unbranched alkanes of at least 4 members (excludes halogenated alkanes) is 4. The first-order valence-corrected chi connectivity index (χ1v) is 12.8. The van der Waals surface area contributed by atoms with E-state index < -0.39 is 17.8 Å². The van der Waals surface area contributed by atoms with Gasteiger partial charge in [-0.15, -0.1) is 11.3 Å². The van der Waals surface area contributed by atoms with Gasteiger partial charge in [0.25, 0.3) is 0 Å². The third-order valence-electron chi connectivity index (χ3n) is 5.37. The van der Waals surface area contributed by atoms with Crippen molar-refractivity contribution in [1.29, 1.82) is 0 Å². The number of halogens is 1. The molecule has 0 radical (unpaired) electrons. The van der Waals surface area contributed by atoms with Crippen LogP contribution in [0.25, 0.3) is 0 Å². The summed E-state index contributed by atoms with van der Waals surface area (Å²) < 4.78 is 25.1. The number of esters is 2. The van der Waals surface area contributed by atoms with E-state index in [2.05, 4.69) is 17.8 Å². The van der Waals surface area contributed by atoms with Gasteiger partial charge in [-0.25, -0.2) is 14.0 Å². The Morgan fingerprint density at radius 2 is 1.58 bits per heavy atom. The molecule has 1 heterocycles. The maximum absolute atomic E-state index is 14.5. The summed E-state index contributed by atoms with van der Waals surface area (Å²) in [6, 6.07) is 14.7. The second-order valence-electron chi connectivity index (χ2n) is 8.44. The zero-order chi connectivity index (χ0) is 25.9. The van der Waals surface area contributed by atoms with Gasteiger partial charge in [0, 0.05) is 25.8 Å². The number of hydrogen-bond acceptors (Lipinski definition) is 8. The van der Waals surface area contributed by atoms with Gasteiger partial charge in [-0.05, 0) is 55.0 Å². The van der Waals surface area contributed by atoms with Gasteiger partial charge in [-0.2, -0.15) is 0 Å². The highest BCUT2D eigenvalue weighted by molar-refractivity contribution is 7.15. The summed E-state index contributed by atoms with van der Waals surface area (Å²) in [4.78, 5) is 27.2. The molecule has 0 fully saturated rings. The molecule has 36 heavy (non-hydrogen) atoms. The molecule has 9 heteroatoms. The lowest BCUT2D eigenvalue weighted by atomic mass is 10.2. The summed E-state index contributed by atoms with van der Waals surface area (Å²) in [7, 11) is 3.90. The average molecular weight is 514 g/mol. The van der Waals surface area contributed by atoms with E-state index in [1.54, 1.807) is 0 Å². The van der Waals surface area contributed by atoms with E-state index in [4.69, 9.17) is 9.47 Å². The molecule has 0 amide bonds. The van der Waals surface area contributed by atoms with Gasteiger partial charge in [0.1, 0.15) is 15.5 Å². The van der Waals surface area contributed by atoms with Gasteiger partial charge in [0.15, 0.2) is 5.82 Å². The normalized spacial score (nSPS) is 10.6. The molecule has 0 atom stereocenters. The molecule has 0 aliphatic rings. The van der Waals surface area contributed by atoms with E-state index in [1.807, 2.05) is 43.3 Å². The number of anilines is 3. The van der Waals surface area contributed by atoms with Gasteiger partial charge >= 0.3 is 11.9 Å². The monoisotopic (exact) mass is 513 g/mol. The minimum atomic E-state index is -0.669. The van der Waals surface area contributed by atoms with E-state index in [9.17, 15) is 14.0 Å². The molecule has 0 aliphatic carbocycles. The number of nitrogens with one attached hydrogen (secondary N) is 2. The molecule has 7 nitrogen and oxygen atoms in total. The average Bonchev–Trinajstić information content (AvgIpc) is 3.36. The summed E-state index contributed by atoms with van der Waals surface area (Å²) >= 11 is 0.988. The quantitative estimate of drug-likeness (QED) is 0.113. The number of rotatable bonds is 13. The predicted molar refractivity (Wildman–Crippen MR) is 143 cm³/mol. The van der Waals surface area contributed by atoms with Gasteiger partial charge in [0.05, 0.1) is 18.0 Å². The summed E-state index contributed by atoms with van der Waals surface area (Å²) in [6.07, 6.45) is 5.30. The van der Waals surface area contributed by atoms with Crippen molar-refractivity contribution in [2.24, 2.45) is 0 Å². The highest BCUT2D eigenvalue weighted by Crippen LogP contribution is 2.24. The Morgan fingerprint density at radius 3 is 2.25 bits per heavy atom. The Balaban J connectivity index is 1.49. The first kappa shape index (κ1) is 27.0. The SMILES string of the molecule is CCCCCCCOC(=O)c1ccc(C(=O)Oc2ccc(NNc3ccc(N(C)C)cc3)c(F)c2)s1. The van der Waals surface area contributed by atoms with Crippen molar-refractivity contribution in [3.63, 3.8) is 0 Å². The van der Waals surface area contributed by atoms with Crippen LogP contribution in [0.4, 0.5) is 21.5 Å². The fourth-order valence-electron chi connectivity index (χ4n) is 3.30. The Labute approximate surface area is 215 Å². The fourth-order valence-corrected chi connectivity index (χ4v) is 4.08. The number of hydrogen-bond donors (Lipinski definition) is 2. The van der Waals surface area contributed by atoms with E-state index in [1.165, 1.54) is 30.7 Å². The summed E-state index contributed by atoms with van der Waals surface area (Å²) in [5.41, 5.74) is 7.75. The number of thiophene rings is 1. The van der Waals surface area contributed by atoms with Crippen LogP contribution in [0.15, 0.2) is 54.6 Å². The van der Waals surface area contributed by atoms with E-state index in [0.717, 1.165) is 54.5 Å². The first-order chi connectivity index (χ1) is 17.4. The highest BCUT2D eigenvalue weighted by atomic mass is 32.1. The van der Waals surface area contributed by atoms with Crippen molar-refractivity contribution in [3.8, 4) is 5.75 Å². The lowest BCUT2D eigenvalue weighted by molar-refractivity contribution is 0.0503. The molecule has 0 saturated heterocycles. The Kier molecular flexibility index (Phi) is 10.1. The number of nitrogens with zero attached hydrogens (tertiary/aromatic N) is 1. The lowest BCUT2D eigenvalue weighted by Crippen LogP contribution is -2.12. The third-order valence-corrected chi connectivity index (χ3v) is 6.41. The van der Waals surface area contributed by atoms with Crippen LogP contribution in [0.3, 0.4) is 0 Å². The lowest BCUT2D eigenvalue weighted by Gasteiger charge is -2.14. The number of carbonyl (C=O) groups excluding carboxylic acids is 2. The number of carbonyl (C=O) groups is 2. The Hall–Kier alpha value is -3.59. The fraction of sp³-hybridized carbons (Fsp3) is 0.333. The molecular formula is C27H32FN3O4S. The number of ether oxygens (including phenoxy) is 2. The smallest absolute Gasteiger partial charge is 0.353 e. The first-order valence-electron chi connectivity index (χ1n) is 12.0. The Bertz CT molecular complexity index is 1150. The topological polar surface area (TPSA) is 79.9 Å². The van der Waals surface area contributed by atoms with Crippen molar-refractivity contribution in [1.82, 2.24) is 0 Å². The molecule has 2 N–H and O–H groups in total. The second kappa shape index (κ2) is 13.5. The van der Waals surface area contributed by atoms with Crippen LogP contribution in [0, 0.1) is 5.82 Å². The van der Waals surface area contributed by atoms with Crippen molar-refractivity contribution >= 4 is 40.3 Å². The second-order valence-corrected chi connectivity index (χ2v) is 9.52. The van der Waals surface area contributed by atoms with Crippen LogP contribution in [0.5, 0.6) is 5.75 Å². The largest absolute Gasteiger partial charge is 0.462 e. The molecule has 0 bridgehead atoms. The molecule has 3 rings (SSSR count). The zero-order valence-corrected chi connectivity index (χ0v) is 21.6. The van der Waals surface area contributed by atoms with Crippen LogP contribution in [0.2, 0.25) is 0 Å². The summed E-state index contributed by atoms with van der Waals surface area (Å²) in [5, 5.41) is 0. The third kappa shape index (κ3) is 7.98. The molecule has 2 aromatic carbocycles. The van der Waals surface area contributed by atoms with Crippen LogP contribution in [0.1, 0.15) is 58.4 Å². The van der Waals surface area contributed by atoms with E-state index >= 15 is 0 Å². The van der Waals surface area contributed by atoms with Crippen LogP contribution >= 0.6 is 11.3 Å².